The van der Waals surface area contributed by atoms with E-state index >= 15 is 0 Å². The molecule has 0 spiro atoms. The number of nitrogens with zero attached hydrogens (tertiary/aromatic N) is 2. The van der Waals surface area contributed by atoms with E-state index < -0.39 is 0 Å². The van der Waals surface area contributed by atoms with E-state index in [1.807, 2.05) is 14.0 Å². The highest BCUT2D eigenvalue weighted by Crippen LogP contribution is 2.27. The molecule has 1 aliphatic carbocycles. The molecular formula is C11H17N3O. The van der Waals surface area contributed by atoms with Crippen LogP contribution in [-0.2, 0) is 0 Å². The normalized spacial score (nSPS) is 16.1. The molecule has 1 saturated carbocycles. The fourth-order valence-electron chi connectivity index (χ4n) is 1.92. The maximum absolute atomic E-state index is 11.3. The summed E-state index contributed by atoms with van der Waals surface area (Å²) < 4.78 is 0. The van der Waals surface area contributed by atoms with Gasteiger partial charge in [0, 0.05) is 19.7 Å². The van der Waals surface area contributed by atoms with E-state index in [4.69, 9.17) is 0 Å². The zero-order chi connectivity index (χ0) is 10.8. The van der Waals surface area contributed by atoms with Crippen LogP contribution in [0.25, 0.3) is 0 Å². The lowest BCUT2D eigenvalue weighted by Gasteiger charge is -2.30. The predicted molar refractivity (Wildman–Crippen MR) is 60.2 cm³/mol. The van der Waals surface area contributed by atoms with Gasteiger partial charge < -0.3 is 9.88 Å². The highest BCUT2D eigenvalue weighted by Gasteiger charge is 2.19. The summed E-state index contributed by atoms with van der Waals surface area (Å²) in [4.78, 5) is 20.3. The summed E-state index contributed by atoms with van der Waals surface area (Å²) in [5.41, 5.74) is -0.0713. The molecule has 1 aromatic heterocycles. The van der Waals surface area contributed by atoms with Crippen LogP contribution < -0.4 is 10.5 Å². The first kappa shape index (κ1) is 10.2. The minimum Gasteiger partial charge on any atom is -0.359 e. The molecule has 1 fully saturated rings. The van der Waals surface area contributed by atoms with Gasteiger partial charge in [-0.1, -0.05) is 6.42 Å². The quantitative estimate of drug-likeness (QED) is 0.813. The molecule has 0 amide bonds. The molecule has 0 aromatic carbocycles. The van der Waals surface area contributed by atoms with Crippen LogP contribution in [0.15, 0.2) is 10.9 Å². The monoisotopic (exact) mass is 207 g/mol. The molecule has 0 saturated heterocycles. The third kappa shape index (κ3) is 2.37. The zero-order valence-corrected chi connectivity index (χ0v) is 9.29. The van der Waals surface area contributed by atoms with Gasteiger partial charge in [-0.25, -0.2) is 4.98 Å². The second-order valence-corrected chi connectivity index (χ2v) is 4.37. The predicted octanol–water partition coefficient (Wildman–Crippen LogP) is 1.31. The molecule has 0 radical (unpaired) electrons. The molecule has 2 rings (SSSR count). The van der Waals surface area contributed by atoms with Gasteiger partial charge >= 0.3 is 0 Å². The molecule has 4 nitrogen and oxygen atoms in total. The van der Waals surface area contributed by atoms with E-state index in [2.05, 4.69) is 14.9 Å². The molecule has 15 heavy (non-hydrogen) atoms. The van der Waals surface area contributed by atoms with Crippen molar-refractivity contribution < 1.29 is 0 Å². The van der Waals surface area contributed by atoms with Gasteiger partial charge in [0.2, 0.25) is 0 Å². The van der Waals surface area contributed by atoms with E-state index in [0.29, 0.717) is 5.82 Å². The van der Waals surface area contributed by atoms with Crippen LogP contribution in [0.1, 0.15) is 25.1 Å². The number of hydrogen-bond donors (Lipinski definition) is 1. The lowest BCUT2D eigenvalue weighted by Crippen LogP contribution is -2.30. The zero-order valence-electron chi connectivity index (χ0n) is 9.29. The Kier molecular flexibility index (Phi) is 2.75. The van der Waals surface area contributed by atoms with E-state index in [0.717, 1.165) is 18.3 Å². The second kappa shape index (κ2) is 4.04. The van der Waals surface area contributed by atoms with Crippen molar-refractivity contribution >= 4 is 5.82 Å². The first-order valence-corrected chi connectivity index (χ1v) is 5.44. The first-order chi connectivity index (χ1) is 7.15. The maximum Gasteiger partial charge on any atom is 0.252 e. The number of H-pyrrole nitrogens is 1. The Balaban J connectivity index is 2.09. The molecule has 1 heterocycles. The van der Waals surface area contributed by atoms with Crippen LogP contribution in [0.5, 0.6) is 0 Å². The number of nitrogens with one attached hydrogen (secondary N) is 1. The first-order valence-electron chi connectivity index (χ1n) is 5.44. The average Bonchev–Trinajstić information content (AvgIpc) is 2.09. The Morgan fingerprint density at radius 3 is 2.87 bits per heavy atom. The smallest absolute Gasteiger partial charge is 0.252 e. The lowest BCUT2D eigenvalue weighted by atomic mass is 9.85. The van der Waals surface area contributed by atoms with E-state index in [9.17, 15) is 4.79 Å². The van der Waals surface area contributed by atoms with Crippen LogP contribution in [0.2, 0.25) is 0 Å². The highest BCUT2D eigenvalue weighted by molar-refractivity contribution is 5.36. The molecule has 0 unspecified atom stereocenters. The van der Waals surface area contributed by atoms with Crippen molar-refractivity contribution in [3.05, 3.63) is 22.2 Å². The van der Waals surface area contributed by atoms with Gasteiger partial charge in [0.1, 0.15) is 11.6 Å². The SMILES string of the molecule is Cc1nc(N(C)CC2CCC2)cc(=O)[nH]1. The minimum atomic E-state index is -0.0713. The summed E-state index contributed by atoms with van der Waals surface area (Å²) in [7, 11) is 2.00. The second-order valence-electron chi connectivity index (χ2n) is 4.37. The van der Waals surface area contributed by atoms with Crippen molar-refractivity contribution in [2.75, 3.05) is 18.5 Å². The molecule has 0 bridgehead atoms. The van der Waals surface area contributed by atoms with Crippen molar-refractivity contribution in [2.24, 2.45) is 5.92 Å². The van der Waals surface area contributed by atoms with Gasteiger partial charge in [0.25, 0.3) is 5.56 Å². The van der Waals surface area contributed by atoms with Gasteiger partial charge in [-0.3, -0.25) is 4.79 Å². The molecule has 4 heteroatoms. The lowest BCUT2D eigenvalue weighted by molar-refractivity contribution is 0.321. The molecule has 1 N–H and O–H groups in total. The van der Waals surface area contributed by atoms with Crippen LogP contribution in [-0.4, -0.2) is 23.6 Å². The van der Waals surface area contributed by atoms with Crippen molar-refractivity contribution in [1.82, 2.24) is 9.97 Å². The van der Waals surface area contributed by atoms with Crippen LogP contribution in [0.3, 0.4) is 0 Å². The number of aromatic nitrogens is 2. The summed E-state index contributed by atoms with van der Waals surface area (Å²) in [5.74, 6) is 2.25. The van der Waals surface area contributed by atoms with Crippen molar-refractivity contribution in [3.63, 3.8) is 0 Å². The average molecular weight is 207 g/mol. The Hall–Kier alpha value is -1.32. The van der Waals surface area contributed by atoms with Crippen LogP contribution in [0, 0.1) is 12.8 Å². The van der Waals surface area contributed by atoms with Gasteiger partial charge in [0.15, 0.2) is 0 Å². The van der Waals surface area contributed by atoms with Gasteiger partial charge in [-0.15, -0.1) is 0 Å². The fraction of sp³-hybridized carbons (Fsp3) is 0.636. The number of hydrogen-bond acceptors (Lipinski definition) is 3. The molecule has 0 aliphatic heterocycles. The molecule has 1 aromatic rings. The van der Waals surface area contributed by atoms with Crippen molar-refractivity contribution in [2.45, 2.75) is 26.2 Å². The number of aromatic amines is 1. The third-order valence-electron chi connectivity index (χ3n) is 2.99. The number of rotatable bonds is 3. The molecule has 1 aliphatic rings. The highest BCUT2D eigenvalue weighted by atomic mass is 16.1. The summed E-state index contributed by atoms with van der Waals surface area (Å²) in [6, 6.07) is 1.56. The summed E-state index contributed by atoms with van der Waals surface area (Å²) in [6.45, 7) is 2.82. The Morgan fingerprint density at radius 1 is 1.60 bits per heavy atom. The van der Waals surface area contributed by atoms with E-state index in [1.54, 1.807) is 6.07 Å². The minimum absolute atomic E-state index is 0.0713. The molecule has 0 atom stereocenters. The van der Waals surface area contributed by atoms with Gasteiger partial charge in [0.05, 0.1) is 0 Å². The largest absolute Gasteiger partial charge is 0.359 e. The standard InChI is InChI=1S/C11H17N3O/c1-8-12-10(6-11(15)13-8)14(2)7-9-4-3-5-9/h6,9H,3-5,7H2,1-2H3,(H,12,13,15). The Morgan fingerprint density at radius 2 is 2.33 bits per heavy atom. The number of aryl methyl sites for hydroxylation is 1. The van der Waals surface area contributed by atoms with E-state index in [-0.39, 0.29) is 5.56 Å². The molecule has 82 valence electrons. The molecular weight excluding hydrogens is 190 g/mol. The van der Waals surface area contributed by atoms with Crippen molar-refractivity contribution in [3.8, 4) is 0 Å². The Bertz CT molecular complexity index is 395. The summed E-state index contributed by atoms with van der Waals surface area (Å²) in [5, 5.41) is 0. The topological polar surface area (TPSA) is 49.0 Å². The van der Waals surface area contributed by atoms with Crippen molar-refractivity contribution in [1.29, 1.82) is 0 Å². The maximum atomic E-state index is 11.3. The van der Waals surface area contributed by atoms with Gasteiger partial charge in [-0.05, 0) is 25.7 Å². The summed E-state index contributed by atoms with van der Waals surface area (Å²) in [6.07, 6.45) is 3.97. The third-order valence-corrected chi connectivity index (χ3v) is 2.99. The van der Waals surface area contributed by atoms with Crippen LogP contribution in [0.4, 0.5) is 5.82 Å². The van der Waals surface area contributed by atoms with Gasteiger partial charge in [-0.2, -0.15) is 0 Å². The summed E-state index contributed by atoms with van der Waals surface area (Å²) >= 11 is 0. The fourth-order valence-corrected chi connectivity index (χ4v) is 1.92. The van der Waals surface area contributed by atoms with Crippen LogP contribution >= 0.6 is 0 Å². The number of anilines is 1. The van der Waals surface area contributed by atoms with E-state index in [1.165, 1.54) is 19.3 Å². The Labute approximate surface area is 89.3 Å².